The van der Waals surface area contributed by atoms with Crippen molar-refractivity contribution >= 4 is 5.91 Å². The molecule has 1 aliphatic heterocycles. The molecule has 0 bridgehead atoms. The molecule has 0 saturated heterocycles. The van der Waals surface area contributed by atoms with Crippen molar-refractivity contribution in [2.24, 2.45) is 0 Å². The molecule has 1 fully saturated rings. The molecule has 2 aliphatic rings. The van der Waals surface area contributed by atoms with Gasteiger partial charge in [0.25, 0.3) is 0 Å². The fraction of sp³-hybridized carbons (Fsp3) is 0.533. The van der Waals surface area contributed by atoms with E-state index < -0.39 is 0 Å². The van der Waals surface area contributed by atoms with E-state index in [0.717, 1.165) is 25.8 Å². The van der Waals surface area contributed by atoms with E-state index in [1.807, 2.05) is 6.07 Å². The van der Waals surface area contributed by atoms with Crippen molar-refractivity contribution in [2.45, 2.75) is 50.7 Å². The van der Waals surface area contributed by atoms with Crippen molar-refractivity contribution in [1.29, 1.82) is 0 Å². The molecule has 3 nitrogen and oxygen atoms in total. The van der Waals surface area contributed by atoms with Crippen molar-refractivity contribution in [1.82, 2.24) is 10.6 Å². The van der Waals surface area contributed by atoms with Crippen LogP contribution in [0, 0.1) is 0 Å². The van der Waals surface area contributed by atoms with E-state index in [4.69, 9.17) is 0 Å². The van der Waals surface area contributed by atoms with Gasteiger partial charge in [-0.1, -0.05) is 24.3 Å². The monoisotopic (exact) mass is 244 g/mol. The Balaban J connectivity index is 1.66. The summed E-state index contributed by atoms with van der Waals surface area (Å²) in [6.45, 7) is 2.94. The van der Waals surface area contributed by atoms with E-state index in [9.17, 15) is 4.79 Å². The molecule has 1 aliphatic carbocycles. The highest BCUT2D eigenvalue weighted by atomic mass is 16.2. The fourth-order valence-corrected chi connectivity index (χ4v) is 2.86. The Morgan fingerprint density at radius 2 is 2.06 bits per heavy atom. The van der Waals surface area contributed by atoms with E-state index in [1.54, 1.807) is 0 Å². The highest BCUT2D eigenvalue weighted by molar-refractivity contribution is 5.83. The predicted octanol–water partition coefficient (Wildman–Crippen LogP) is 1.76. The fourth-order valence-electron chi connectivity index (χ4n) is 2.86. The predicted molar refractivity (Wildman–Crippen MR) is 71.2 cm³/mol. The van der Waals surface area contributed by atoms with Gasteiger partial charge >= 0.3 is 0 Å². The van der Waals surface area contributed by atoms with Gasteiger partial charge in [-0.3, -0.25) is 4.79 Å². The molecule has 3 heteroatoms. The minimum atomic E-state index is -0.0719. The topological polar surface area (TPSA) is 41.1 Å². The van der Waals surface area contributed by atoms with E-state index in [0.29, 0.717) is 0 Å². The number of carbonyl (C=O) groups excluding carboxylic acids is 1. The third kappa shape index (κ3) is 2.15. The molecule has 2 N–H and O–H groups in total. The summed E-state index contributed by atoms with van der Waals surface area (Å²) >= 11 is 0. The summed E-state index contributed by atoms with van der Waals surface area (Å²) in [5.41, 5.74) is 2.67. The third-order valence-corrected chi connectivity index (χ3v) is 4.28. The van der Waals surface area contributed by atoms with Crippen LogP contribution in [0.5, 0.6) is 0 Å². The lowest BCUT2D eigenvalue weighted by molar-refractivity contribution is -0.126. The first-order valence-electron chi connectivity index (χ1n) is 6.78. The molecule has 1 aromatic rings. The lowest BCUT2D eigenvalue weighted by Gasteiger charge is -2.40. The molecule has 0 unspecified atom stereocenters. The van der Waals surface area contributed by atoms with Crippen LogP contribution >= 0.6 is 0 Å². The number of carbonyl (C=O) groups is 1. The van der Waals surface area contributed by atoms with Gasteiger partial charge in [-0.15, -0.1) is 0 Å². The van der Waals surface area contributed by atoms with Crippen LogP contribution in [-0.4, -0.2) is 17.5 Å². The molecule has 3 rings (SSSR count). The van der Waals surface area contributed by atoms with Gasteiger partial charge < -0.3 is 10.6 Å². The molecule has 1 heterocycles. The average molecular weight is 244 g/mol. The highest BCUT2D eigenvalue weighted by Crippen LogP contribution is 2.31. The van der Waals surface area contributed by atoms with Gasteiger partial charge in [0.2, 0.25) is 5.91 Å². The van der Waals surface area contributed by atoms with Gasteiger partial charge in [0.1, 0.15) is 0 Å². The second kappa shape index (κ2) is 4.39. The first kappa shape index (κ1) is 11.7. The molecular weight excluding hydrogens is 224 g/mol. The Morgan fingerprint density at radius 3 is 2.72 bits per heavy atom. The molecule has 0 radical (unpaired) electrons. The lowest BCUT2D eigenvalue weighted by atomic mass is 9.78. The van der Waals surface area contributed by atoms with Gasteiger partial charge in [-0.2, -0.15) is 0 Å². The SMILES string of the molecule is CC1(NC(=O)[C@@H]2Cc3ccccc3CN2)CCC1. The van der Waals surface area contributed by atoms with Crippen LogP contribution in [-0.2, 0) is 17.8 Å². The van der Waals surface area contributed by atoms with E-state index in [1.165, 1.54) is 17.5 Å². The summed E-state index contributed by atoms with van der Waals surface area (Å²) < 4.78 is 0. The Labute approximate surface area is 108 Å². The van der Waals surface area contributed by atoms with Crippen LogP contribution in [0.1, 0.15) is 37.3 Å². The molecule has 0 aromatic heterocycles. The first-order chi connectivity index (χ1) is 8.66. The zero-order valence-corrected chi connectivity index (χ0v) is 10.8. The summed E-state index contributed by atoms with van der Waals surface area (Å²) in [5.74, 6) is 0.159. The quantitative estimate of drug-likeness (QED) is 0.832. The minimum absolute atomic E-state index is 0.0513. The summed E-state index contributed by atoms with van der Waals surface area (Å²) in [4.78, 5) is 12.2. The van der Waals surface area contributed by atoms with Crippen molar-refractivity contribution in [3.8, 4) is 0 Å². The molecule has 18 heavy (non-hydrogen) atoms. The Kier molecular flexibility index (Phi) is 2.86. The highest BCUT2D eigenvalue weighted by Gasteiger charge is 2.35. The number of hydrogen-bond donors (Lipinski definition) is 2. The third-order valence-electron chi connectivity index (χ3n) is 4.28. The zero-order chi connectivity index (χ0) is 12.6. The van der Waals surface area contributed by atoms with Gasteiger partial charge in [-0.05, 0) is 43.7 Å². The summed E-state index contributed by atoms with van der Waals surface area (Å²) in [6.07, 6.45) is 4.26. The van der Waals surface area contributed by atoms with E-state index >= 15 is 0 Å². The maximum atomic E-state index is 12.2. The Bertz CT molecular complexity index is 465. The minimum Gasteiger partial charge on any atom is -0.350 e. The number of rotatable bonds is 2. The summed E-state index contributed by atoms with van der Waals surface area (Å²) in [7, 11) is 0. The van der Waals surface area contributed by atoms with Crippen molar-refractivity contribution < 1.29 is 4.79 Å². The van der Waals surface area contributed by atoms with Crippen LogP contribution in [0.2, 0.25) is 0 Å². The average Bonchev–Trinajstić information content (AvgIpc) is 2.36. The van der Waals surface area contributed by atoms with E-state index in [-0.39, 0.29) is 17.5 Å². The first-order valence-corrected chi connectivity index (χ1v) is 6.78. The lowest BCUT2D eigenvalue weighted by Crippen LogP contribution is -2.57. The largest absolute Gasteiger partial charge is 0.350 e. The maximum absolute atomic E-state index is 12.2. The van der Waals surface area contributed by atoms with Crippen molar-refractivity contribution in [3.05, 3.63) is 35.4 Å². The standard InChI is InChI=1S/C15H20N2O/c1-15(7-4-8-15)17-14(18)13-9-11-5-2-3-6-12(11)10-16-13/h2-3,5-6,13,16H,4,7-10H2,1H3,(H,17,18)/t13-/m0/s1. The molecule has 96 valence electrons. The normalized spacial score (nSPS) is 24.8. The summed E-state index contributed by atoms with van der Waals surface area (Å²) in [5, 5.41) is 6.53. The second-order valence-electron chi connectivity index (χ2n) is 5.81. The van der Waals surface area contributed by atoms with Crippen molar-refractivity contribution in [3.63, 3.8) is 0 Å². The number of hydrogen-bond acceptors (Lipinski definition) is 2. The molecule has 0 spiro atoms. The Hall–Kier alpha value is -1.35. The van der Waals surface area contributed by atoms with Gasteiger partial charge in [0.15, 0.2) is 0 Å². The van der Waals surface area contributed by atoms with Crippen molar-refractivity contribution in [2.75, 3.05) is 0 Å². The van der Waals surface area contributed by atoms with E-state index in [2.05, 4.69) is 35.8 Å². The molecule has 1 aromatic carbocycles. The molecule has 1 atom stereocenters. The van der Waals surface area contributed by atoms with Gasteiger partial charge in [-0.25, -0.2) is 0 Å². The second-order valence-corrected chi connectivity index (χ2v) is 5.81. The van der Waals surface area contributed by atoms with Gasteiger partial charge in [0.05, 0.1) is 6.04 Å². The molecule has 1 saturated carbocycles. The Morgan fingerprint density at radius 1 is 1.33 bits per heavy atom. The van der Waals surface area contributed by atoms with Crippen LogP contribution in [0.4, 0.5) is 0 Å². The van der Waals surface area contributed by atoms with Crippen LogP contribution in [0.3, 0.4) is 0 Å². The summed E-state index contributed by atoms with van der Waals surface area (Å²) in [6, 6.07) is 8.28. The molecule has 1 amide bonds. The van der Waals surface area contributed by atoms with Crippen LogP contribution in [0.15, 0.2) is 24.3 Å². The maximum Gasteiger partial charge on any atom is 0.237 e. The number of fused-ring (bicyclic) bond motifs is 1. The van der Waals surface area contributed by atoms with Crippen LogP contribution < -0.4 is 10.6 Å². The number of nitrogens with one attached hydrogen (secondary N) is 2. The smallest absolute Gasteiger partial charge is 0.237 e. The van der Waals surface area contributed by atoms with Crippen LogP contribution in [0.25, 0.3) is 0 Å². The number of benzene rings is 1. The number of amides is 1. The van der Waals surface area contributed by atoms with Gasteiger partial charge in [0, 0.05) is 12.1 Å². The molecular formula is C15H20N2O. The zero-order valence-electron chi connectivity index (χ0n) is 10.8.